The molecule has 102 valence electrons. The highest BCUT2D eigenvalue weighted by atomic mass is 16.5. The third-order valence-electron chi connectivity index (χ3n) is 2.60. The van der Waals surface area contributed by atoms with E-state index >= 15 is 0 Å². The van der Waals surface area contributed by atoms with Crippen molar-refractivity contribution in [3.63, 3.8) is 0 Å². The highest BCUT2D eigenvalue weighted by Crippen LogP contribution is 2.28. The Morgan fingerprint density at radius 1 is 1.26 bits per heavy atom. The first-order chi connectivity index (χ1) is 9.28. The minimum atomic E-state index is 0.441. The van der Waals surface area contributed by atoms with Gasteiger partial charge < -0.3 is 19.8 Å². The smallest absolute Gasteiger partial charge is 0.213 e. The first-order valence-electron chi connectivity index (χ1n) is 6.02. The first kappa shape index (κ1) is 13.1. The molecule has 7 nitrogen and oxygen atoms in total. The molecule has 0 amide bonds. The number of hydrogen-bond donors (Lipinski definition) is 2. The maximum atomic E-state index is 5.51. The van der Waals surface area contributed by atoms with Gasteiger partial charge >= 0.3 is 0 Å². The van der Waals surface area contributed by atoms with Gasteiger partial charge in [-0.3, -0.25) is 0 Å². The minimum Gasteiger partial charge on any atom is -0.490 e. The second kappa shape index (κ2) is 6.03. The molecule has 0 aliphatic heterocycles. The number of anilines is 2. The number of methoxy groups -OCH3 is 1. The Hall–Kier alpha value is -2.31. The molecular formula is C12H17N5O2. The quantitative estimate of drug-likeness (QED) is 0.820. The highest BCUT2D eigenvalue weighted by molar-refractivity contribution is 5.63. The molecule has 2 aromatic rings. The average Bonchev–Trinajstić information content (AvgIpc) is 2.92. The number of nitrogens with zero attached hydrogens (tertiary/aromatic N) is 3. The predicted octanol–water partition coefficient (Wildman–Crippen LogP) is 1.69. The number of hydrogen-bond acceptors (Lipinski definition) is 7. The first-order valence-corrected chi connectivity index (χ1v) is 6.02. The normalized spacial score (nSPS) is 10.3. The SMILES string of the molecule is CCc1cnc(CNc2ncnc(NC)c2OC)o1. The Kier molecular flexibility index (Phi) is 4.17. The fourth-order valence-electron chi connectivity index (χ4n) is 1.62. The molecule has 0 aromatic carbocycles. The molecule has 0 radical (unpaired) electrons. The third kappa shape index (κ3) is 2.93. The van der Waals surface area contributed by atoms with Gasteiger partial charge in [0.2, 0.25) is 11.6 Å². The lowest BCUT2D eigenvalue weighted by Crippen LogP contribution is -2.06. The third-order valence-corrected chi connectivity index (χ3v) is 2.60. The molecule has 0 atom stereocenters. The van der Waals surface area contributed by atoms with Gasteiger partial charge in [-0.25, -0.2) is 15.0 Å². The van der Waals surface area contributed by atoms with Crippen molar-refractivity contribution in [2.75, 3.05) is 24.8 Å². The molecule has 7 heteroatoms. The summed E-state index contributed by atoms with van der Waals surface area (Å²) in [6.07, 6.45) is 4.02. The maximum Gasteiger partial charge on any atom is 0.213 e. The van der Waals surface area contributed by atoms with Gasteiger partial charge in [-0.15, -0.1) is 0 Å². The van der Waals surface area contributed by atoms with Crippen LogP contribution in [0.1, 0.15) is 18.6 Å². The van der Waals surface area contributed by atoms with Gasteiger partial charge in [0.25, 0.3) is 0 Å². The Labute approximate surface area is 111 Å². The lowest BCUT2D eigenvalue weighted by Gasteiger charge is -2.11. The van der Waals surface area contributed by atoms with Gasteiger partial charge in [-0.05, 0) is 0 Å². The van der Waals surface area contributed by atoms with Crippen molar-refractivity contribution in [1.82, 2.24) is 15.0 Å². The maximum absolute atomic E-state index is 5.51. The van der Waals surface area contributed by atoms with E-state index in [-0.39, 0.29) is 0 Å². The molecule has 0 bridgehead atoms. The molecule has 0 unspecified atom stereocenters. The molecule has 2 heterocycles. The minimum absolute atomic E-state index is 0.441. The van der Waals surface area contributed by atoms with E-state index in [1.165, 1.54) is 6.33 Å². The number of oxazole rings is 1. The van der Waals surface area contributed by atoms with Crippen LogP contribution in [0.3, 0.4) is 0 Å². The Balaban J connectivity index is 2.10. The molecule has 0 saturated heterocycles. The average molecular weight is 263 g/mol. The zero-order valence-corrected chi connectivity index (χ0v) is 11.2. The Morgan fingerprint density at radius 2 is 2.05 bits per heavy atom. The largest absolute Gasteiger partial charge is 0.490 e. The van der Waals surface area contributed by atoms with Crippen LogP contribution in [0.2, 0.25) is 0 Å². The standard InChI is InChI=1S/C12H17N5O2/c1-4-8-5-14-9(19-8)6-15-12-10(18-3)11(13-2)16-7-17-12/h5,7H,4,6H2,1-3H3,(H2,13,15,16,17). The second-order valence-corrected chi connectivity index (χ2v) is 3.78. The lowest BCUT2D eigenvalue weighted by molar-refractivity contribution is 0.414. The summed E-state index contributed by atoms with van der Waals surface area (Å²) in [5.74, 6) is 3.26. The van der Waals surface area contributed by atoms with E-state index in [0.717, 1.165) is 12.2 Å². The van der Waals surface area contributed by atoms with Crippen LogP contribution in [0.25, 0.3) is 0 Å². The van der Waals surface area contributed by atoms with E-state index in [9.17, 15) is 0 Å². The van der Waals surface area contributed by atoms with E-state index in [1.807, 2.05) is 6.92 Å². The number of ether oxygens (including phenoxy) is 1. The fraction of sp³-hybridized carbons (Fsp3) is 0.417. The molecule has 2 rings (SSSR count). The van der Waals surface area contributed by atoms with Crippen LogP contribution in [-0.2, 0) is 13.0 Å². The number of rotatable bonds is 6. The molecule has 0 aliphatic rings. The van der Waals surface area contributed by atoms with Crippen molar-refractivity contribution >= 4 is 11.6 Å². The summed E-state index contributed by atoms with van der Waals surface area (Å²) in [5.41, 5.74) is 0. The second-order valence-electron chi connectivity index (χ2n) is 3.78. The molecule has 0 spiro atoms. The van der Waals surface area contributed by atoms with Crippen LogP contribution in [0, 0.1) is 0 Å². The zero-order chi connectivity index (χ0) is 13.7. The summed E-state index contributed by atoms with van der Waals surface area (Å²) in [4.78, 5) is 12.4. The van der Waals surface area contributed by atoms with Gasteiger partial charge in [-0.2, -0.15) is 0 Å². The van der Waals surface area contributed by atoms with E-state index in [0.29, 0.717) is 29.8 Å². The van der Waals surface area contributed by atoms with E-state index < -0.39 is 0 Å². The molecule has 2 N–H and O–H groups in total. The number of aryl methyl sites for hydroxylation is 1. The Morgan fingerprint density at radius 3 is 2.68 bits per heavy atom. The Bertz CT molecular complexity index is 541. The van der Waals surface area contributed by atoms with Crippen molar-refractivity contribution in [2.45, 2.75) is 19.9 Å². The van der Waals surface area contributed by atoms with Crippen molar-refractivity contribution in [1.29, 1.82) is 0 Å². The topological polar surface area (TPSA) is 85.1 Å². The summed E-state index contributed by atoms with van der Waals surface area (Å²) in [5, 5.41) is 6.06. The molecule has 19 heavy (non-hydrogen) atoms. The van der Waals surface area contributed by atoms with Gasteiger partial charge in [0.15, 0.2) is 11.6 Å². The van der Waals surface area contributed by atoms with Crippen molar-refractivity contribution in [2.24, 2.45) is 0 Å². The number of nitrogens with one attached hydrogen (secondary N) is 2. The van der Waals surface area contributed by atoms with Crippen LogP contribution < -0.4 is 15.4 Å². The van der Waals surface area contributed by atoms with Gasteiger partial charge in [0.1, 0.15) is 12.1 Å². The molecule has 0 fully saturated rings. The van der Waals surface area contributed by atoms with Crippen molar-refractivity contribution in [3.8, 4) is 5.75 Å². The summed E-state index contributed by atoms with van der Waals surface area (Å²) in [6, 6.07) is 0. The van der Waals surface area contributed by atoms with Gasteiger partial charge in [-0.1, -0.05) is 6.92 Å². The molecule has 0 saturated carbocycles. The number of aromatic nitrogens is 3. The molecule has 0 aliphatic carbocycles. The van der Waals surface area contributed by atoms with E-state index in [4.69, 9.17) is 9.15 Å². The summed E-state index contributed by atoms with van der Waals surface area (Å²) >= 11 is 0. The summed E-state index contributed by atoms with van der Waals surface area (Å²) in [6.45, 7) is 2.46. The summed E-state index contributed by atoms with van der Waals surface area (Å²) < 4.78 is 10.8. The zero-order valence-electron chi connectivity index (χ0n) is 11.2. The van der Waals surface area contributed by atoms with Gasteiger partial charge in [0.05, 0.1) is 19.9 Å². The monoisotopic (exact) mass is 263 g/mol. The highest BCUT2D eigenvalue weighted by Gasteiger charge is 2.11. The molecule has 2 aromatic heterocycles. The van der Waals surface area contributed by atoms with Crippen molar-refractivity contribution in [3.05, 3.63) is 24.2 Å². The van der Waals surface area contributed by atoms with Crippen LogP contribution in [0.4, 0.5) is 11.6 Å². The fourth-order valence-corrected chi connectivity index (χ4v) is 1.62. The predicted molar refractivity (Wildman–Crippen MR) is 71.3 cm³/mol. The van der Waals surface area contributed by atoms with Crippen LogP contribution in [0.15, 0.2) is 16.9 Å². The summed E-state index contributed by atoms with van der Waals surface area (Å²) in [7, 11) is 3.35. The van der Waals surface area contributed by atoms with Crippen molar-refractivity contribution < 1.29 is 9.15 Å². The van der Waals surface area contributed by atoms with Crippen LogP contribution >= 0.6 is 0 Å². The van der Waals surface area contributed by atoms with E-state index in [1.54, 1.807) is 20.4 Å². The molecular weight excluding hydrogens is 246 g/mol. The van der Waals surface area contributed by atoms with E-state index in [2.05, 4.69) is 25.6 Å². The van der Waals surface area contributed by atoms with Gasteiger partial charge in [0, 0.05) is 13.5 Å². The van der Waals surface area contributed by atoms with Crippen LogP contribution in [-0.4, -0.2) is 29.1 Å². The van der Waals surface area contributed by atoms with Crippen LogP contribution in [0.5, 0.6) is 5.75 Å². The lowest BCUT2D eigenvalue weighted by atomic mass is 10.4.